The van der Waals surface area contributed by atoms with Crippen molar-refractivity contribution in [2.75, 3.05) is 35.7 Å². The van der Waals surface area contributed by atoms with Gasteiger partial charge in [0.2, 0.25) is 5.13 Å². The number of carbonyl (C=O) groups is 2. The third-order valence-electron chi connectivity index (χ3n) is 5.32. The molecule has 1 atom stereocenters. The number of sulfone groups is 1. The Balaban J connectivity index is 1.38. The predicted molar refractivity (Wildman–Crippen MR) is 117 cm³/mol. The van der Waals surface area contributed by atoms with Crippen LogP contribution in [0, 0.1) is 0 Å². The van der Waals surface area contributed by atoms with Crippen LogP contribution < -0.4 is 5.32 Å². The second-order valence-electron chi connectivity index (χ2n) is 7.54. The molecule has 1 aliphatic heterocycles. The molecule has 1 saturated carbocycles. The van der Waals surface area contributed by atoms with Crippen molar-refractivity contribution < 1.29 is 22.7 Å². The minimum absolute atomic E-state index is 0.0232. The van der Waals surface area contributed by atoms with Crippen LogP contribution in [0.2, 0.25) is 0 Å². The third-order valence-corrected chi connectivity index (χ3v) is 9.03. The molecule has 3 rings (SSSR count). The maximum Gasteiger partial charge on any atom is 0.316 e. The Kier molecular flexibility index (Phi) is 8.35. The van der Waals surface area contributed by atoms with Crippen molar-refractivity contribution in [3.05, 3.63) is 0 Å². The van der Waals surface area contributed by atoms with Gasteiger partial charge in [-0.25, -0.2) is 8.42 Å². The van der Waals surface area contributed by atoms with Gasteiger partial charge in [-0.2, -0.15) is 0 Å². The van der Waals surface area contributed by atoms with E-state index in [0.717, 1.165) is 18.0 Å². The van der Waals surface area contributed by atoms with Gasteiger partial charge in [0.05, 0.1) is 17.3 Å². The summed E-state index contributed by atoms with van der Waals surface area (Å²) in [6, 6.07) is 0.106. The van der Waals surface area contributed by atoms with E-state index in [9.17, 15) is 18.0 Å². The topological polar surface area (TPSA) is 119 Å². The molecule has 0 bridgehead atoms. The number of nitrogens with one attached hydrogen (secondary N) is 1. The summed E-state index contributed by atoms with van der Waals surface area (Å²) in [5, 5.41) is 12.4. The van der Waals surface area contributed by atoms with Crippen LogP contribution in [0.3, 0.4) is 0 Å². The van der Waals surface area contributed by atoms with Gasteiger partial charge in [0, 0.05) is 18.6 Å². The molecule has 1 amide bonds. The molecule has 1 aliphatic carbocycles. The summed E-state index contributed by atoms with van der Waals surface area (Å²) in [4.78, 5) is 25.9. The predicted octanol–water partition coefficient (Wildman–Crippen LogP) is 1.95. The van der Waals surface area contributed by atoms with Crippen molar-refractivity contribution in [3.8, 4) is 0 Å². The van der Waals surface area contributed by atoms with E-state index in [1.165, 1.54) is 47.3 Å². The second-order valence-corrected chi connectivity index (χ2v) is 12.0. The monoisotopic (exact) mass is 476 g/mol. The molecule has 9 nitrogen and oxygen atoms in total. The molecule has 2 aliphatic rings. The Labute approximate surface area is 185 Å². The Bertz CT molecular complexity index is 839. The number of thioether (sulfide) groups is 1. The molecular formula is C18H28N4O5S3. The van der Waals surface area contributed by atoms with Crippen LogP contribution in [0.5, 0.6) is 0 Å². The summed E-state index contributed by atoms with van der Waals surface area (Å²) in [5.74, 6) is -0.773. The lowest BCUT2D eigenvalue weighted by atomic mass is 9.96. The van der Waals surface area contributed by atoms with E-state index in [-0.39, 0.29) is 35.8 Å². The average Bonchev–Trinajstić information content (AvgIpc) is 3.32. The lowest BCUT2D eigenvalue weighted by molar-refractivity contribution is -0.150. The molecule has 1 N–H and O–H groups in total. The molecule has 30 heavy (non-hydrogen) atoms. The van der Waals surface area contributed by atoms with Gasteiger partial charge in [0.25, 0.3) is 5.91 Å². The number of esters is 1. The van der Waals surface area contributed by atoms with E-state index >= 15 is 0 Å². The van der Waals surface area contributed by atoms with Crippen molar-refractivity contribution in [3.63, 3.8) is 0 Å². The van der Waals surface area contributed by atoms with Gasteiger partial charge < -0.3 is 15.0 Å². The number of hydrogen-bond donors (Lipinski definition) is 1. The smallest absolute Gasteiger partial charge is 0.316 e. The number of aromatic nitrogens is 2. The lowest BCUT2D eigenvalue weighted by Crippen LogP contribution is -2.43. The molecule has 1 saturated heterocycles. The van der Waals surface area contributed by atoms with Crippen LogP contribution >= 0.6 is 23.1 Å². The van der Waals surface area contributed by atoms with Crippen molar-refractivity contribution in [2.45, 2.75) is 61.9 Å². The second kappa shape index (κ2) is 10.8. The van der Waals surface area contributed by atoms with Crippen molar-refractivity contribution >= 4 is 49.9 Å². The van der Waals surface area contributed by atoms with E-state index < -0.39 is 15.8 Å². The maximum atomic E-state index is 12.4. The highest BCUT2D eigenvalue weighted by Gasteiger charge is 2.34. The quantitative estimate of drug-likeness (QED) is 0.421. The lowest BCUT2D eigenvalue weighted by Gasteiger charge is -2.26. The molecule has 1 aromatic heterocycles. The fourth-order valence-corrected chi connectivity index (χ4v) is 7.15. The van der Waals surface area contributed by atoms with E-state index in [1.54, 1.807) is 6.92 Å². The molecule has 0 radical (unpaired) electrons. The molecule has 168 valence electrons. The van der Waals surface area contributed by atoms with Crippen LogP contribution in [0.15, 0.2) is 4.34 Å². The highest BCUT2D eigenvalue weighted by Crippen LogP contribution is 2.28. The van der Waals surface area contributed by atoms with E-state index in [1.807, 2.05) is 0 Å². The Hall–Kier alpha value is -1.40. The van der Waals surface area contributed by atoms with Crippen molar-refractivity contribution in [2.24, 2.45) is 0 Å². The number of hydrogen-bond acceptors (Lipinski definition) is 10. The van der Waals surface area contributed by atoms with Gasteiger partial charge >= 0.3 is 5.97 Å². The van der Waals surface area contributed by atoms with Crippen LogP contribution in [-0.4, -0.2) is 77.9 Å². The van der Waals surface area contributed by atoms with Gasteiger partial charge in [-0.3, -0.25) is 9.59 Å². The molecule has 1 aromatic rings. The van der Waals surface area contributed by atoms with E-state index in [2.05, 4.69) is 15.5 Å². The Morgan fingerprint density at radius 2 is 2.00 bits per heavy atom. The van der Waals surface area contributed by atoms with Crippen LogP contribution in [0.4, 0.5) is 5.13 Å². The number of amides is 1. The molecule has 0 aromatic carbocycles. The standard InChI is InChI=1S/C18H28N4O5S3/c1-2-22(14-8-9-30(25,26)12-14)15(23)10-27-16(24)11-28-18-21-20-17(29-18)19-13-6-4-3-5-7-13/h13-14H,2-12H2,1H3,(H,19,20). The fraction of sp³-hybridized carbons (Fsp3) is 0.778. The molecule has 2 heterocycles. The van der Waals surface area contributed by atoms with Gasteiger partial charge in [-0.1, -0.05) is 42.4 Å². The maximum absolute atomic E-state index is 12.4. The number of rotatable bonds is 9. The highest BCUT2D eigenvalue weighted by atomic mass is 32.2. The van der Waals surface area contributed by atoms with Crippen LogP contribution in [0.25, 0.3) is 0 Å². The first kappa shape index (κ1) is 23.3. The number of ether oxygens (including phenoxy) is 1. The molecule has 2 fully saturated rings. The number of anilines is 1. The summed E-state index contributed by atoms with van der Waals surface area (Å²) < 4.78 is 29.0. The zero-order valence-electron chi connectivity index (χ0n) is 17.0. The molecule has 0 spiro atoms. The largest absolute Gasteiger partial charge is 0.455 e. The third kappa shape index (κ3) is 6.81. The summed E-state index contributed by atoms with van der Waals surface area (Å²) in [5.41, 5.74) is 0. The van der Waals surface area contributed by atoms with Crippen molar-refractivity contribution in [1.82, 2.24) is 15.1 Å². The Morgan fingerprint density at radius 3 is 2.67 bits per heavy atom. The fourth-order valence-electron chi connectivity index (χ4n) is 3.79. The van der Waals surface area contributed by atoms with Crippen LogP contribution in [0.1, 0.15) is 45.4 Å². The summed E-state index contributed by atoms with van der Waals surface area (Å²) in [7, 11) is -3.08. The van der Waals surface area contributed by atoms with Gasteiger partial charge in [-0.15, -0.1) is 10.2 Å². The Morgan fingerprint density at radius 1 is 1.23 bits per heavy atom. The number of likely N-dealkylation sites (N-methyl/N-ethyl adjacent to an activating group) is 1. The minimum Gasteiger partial charge on any atom is -0.455 e. The molecular weight excluding hydrogens is 448 g/mol. The van der Waals surface area contributed by atoms with Crippen molar-refractivity contribution in [1.29, 1.82) is 0 Å². The molecule has 1 unspecified atom stereocenters. The number of nitrogens with zero attached hydrogens (tertiary/aromatic N) is 3. The van der Waals surface area contributed by atoms with E-state index in [0.29, 0.717) is 23.3 Å². The first-order chi connectivity index (χ1) is 14.4. The minimum atomic E-state index is -3.08. The van der Waals surface area contributed by atoms with E-state index in [4.69, 9.17) is 4.74 Å². The summed E-state index contributed by atoms with van der Waals surface area (Å²) in [6.07, 6.45) is 6.47. The van der Waals surface area contributed by atoms with Gasteiger partial charge in [0.15, 0.2) is 20.8 Å². The SMILES string of the molecule is CCN(C(=O)COC(=O)CSc1nnc(NC2CCCCC2)s1)C1CCS(=O)(=O)C1. The first-order valence-electron chi connectivity index (χ1n) is 10.2. The zero-order valence-corrected chi connectivity index (χ0v) is 19.5. The first-order valence-corrected chi connectivity index (χ1v) is 13.9. The highest BCUT2D eigenvalue weighted by molar-refractivity contribution is 8.01. The zero-order chi connectivity index (χ0) is 21.6. The average molecular weight is 477 g/mol. The normalized spacial score (nSPS) is 21.3. The molecule has 12 heteroatoms. The van der Waals surface area contributed by atoms with Gasteiger partial charge in [-0.05, 0) is 26.2 Å². The van der Waals surface area contributed by atoms with Gasteiger partial charge in [0.1, 0.15) is 0 Å². The summed E-state index contributed by atoms with van der Waals surface area (Å²) in [6.45, 7) is 1.79. The number of carbonyl (C=O) groups excluding carboxylic acids is 2. The summed E-state index contributed by atoms with van der Waals surface area (Å²) >= 11 is 2.64. The van der Waals surface area contributed by atoms with Crippen LogP contribution in [-0.2, 0) is 24.2 Å².